The topological polar surface area (TPSA) is 62.4 Å². The zero-order valence-corrected chi connectivity index (χ0v) is 7.35. The molecule has 0 bridgehead atoms. The largest absolute Gasteiger partial charge is 0.396 e. The monoisotopic (exact) mass is 179 g/mol. The summed E-state index contributed by atoms with van der Waals surface area (Å²) in [6.07, 6.45) is 1.73. The van der Waals surface area contributed by atoms with E-state index in [2.05, 4.69) is 9.88 Å². The lowest BCUT2D eigenvalue weighted by molar-refractivity contribution is 0.200. The van der Waals surface area contributed by atoms with Crippen LogP contribution in [0, 0.1) is 5.92 Å². The maximum Gasteiger partial charge on any atom is 0.151 e. The third-order valence-corrected chi connectivity index (χ3v) is 2.33. The van der Waals surface area contributed by atoms with Gasteiger partial charge in [0.05, 0.1) is 5.69 Å². The van der Waals surface area contributed by atoms with Crippen LogP contribution in [0.2, 0.25) is 0 Å². The maximum atomic E-state index is 8.84. The van der Waals surface area contributed by atoms with E-state index >= 15 is 0 Å². The summed E-state index contributed by atoms with van der Waals surface area (Å²) in [5, 5.41) is 8.84. The van der Waals surface area contributed by atoms with Gasteiger partial charge < -0.3 is 15.7 Å². The van der Waals surface area contributed by atoms with Crippen molar-refractivity contribution in [3.8, 4) is 0 Å². The van der Waals surface area contributed by atoms with Crippen LogP contribution in [0.4, 0.5) is 11.5 Å². The molecular formula is C9H13N3O. The second-order valence-corrected chi connectivity index (χ2v) is 3.37. The molecule has 4 nitrogen and oxygen atoms in total. The van der Waals surface area contributed by atoms with E-state index < -0.39 is 0 Å². The van der Waals surface area contributed by atoms with E-state index in [-0.39, 0.29) is 6.61 Å². The van der Waals surface area contributed by atoms with Gasteiger partial charge in [0.1, 0.15) is 0 Å². The van der Waals surface area contributed by atoms with E-state index in [9.17, 15) is 0 Å². The summed E-state index contributed by atoms with van der Waals surface area (Å²) in [5.41, 5.74) is 6.46. The zero-order valence-electron chi connectivity index (χ0n) is 7.35. The third-order valence-electron chi connectivity index (χ3n) is 2.33. The summed E-state index contributed by atoms with van der Waals surface area (Å²) in [5.74, 6) is 1.23. The quantitative estimate of drug-likeness (QED) is 0.675. The van der Waals surface area contributed by atoms with Crippen LogP contribution in [0.25, 0.3) is 0 Å². The van der Waals surface area contributed by atoms with Gasteiger partial charge in [0.2, 0.25) is 0 Å². The molecular weight excluding hydrogens is 166 g/mol. The first-order chi connectivity index (χ1) is 6.31. The average molecular weight is 179 g/mol. The zero-order chi connectivity index (χ0) is 9.26. The fraction of sp³-hybridized carbons (Fsp3) is 0.444. The van der Waals surface area contributed by atoms with E-state index in [0.717, 1.165) is 18.9 Å². The molecule has 0 radical (unpaired) electrons. The Hall–Kier alpha value is -1.29. The SMILES string of the molecule is Nc1cccnc1N1CC(CO)C1. The Morgan fingerprint density at radius 3 is 3.00 bits per heavy atom. The van der Waals surface area contributed by atoms with Gasteiger partial charge in [0.25, 0.3) is 0 Å². The minimum Gasteiger partial charge on any atom is -0.396 e. The highest BCUT2D eigenvalue weighted by molar-refractivity contribution is 5.63. The molecule has 0 unspecified atom stereocenters. The normalized spacial score (nSPS) is 17.2. The highest BCUT2D eigenvalue weighted by Crippen LogP contribution is 2.26. The number of aromatic nitrogens is 1. The second kappa shape index (κ2) is 3.22. The molecule has 0 atom stereocenters. The van der Waals surface area contributed by atoms with Crippen molar-refractivity contribution < 1.29 is 5.11 Å². The van der Waals surface area contributed by atoms with E-state index in [1.165, 1.54) is 0 Å². The van der Waals surface area contributed by atoms with Crippen LogP contribution in [-0.2, 0) is 0 Å². The van der Waals surface area contributed by atoms with Crippen LogP contribution >= 0.6 is 0 Å². The minimum absolute atomic E-state index is 0.253. The van der Waals surface area contributed by atoms with Crippen LogP contribution in [0.1, 0.15) is 0 Å². The first-order valence-electron chi connectivity index (χ1n) is 4.37. The highest BCUT2D eigenvalue weighted by Gasteiger charge is 2.27. The standard InChI is InChI=1S/C9H13N3O/c10-8-2-1-3-11-9(8)12-4-7(5-12)6-13/h1-3,7,13H,4-6,10H2. The second-order valence-electron chi connectivity index (χ2n) is 3.37. The molecule has 70 valence electrons. The molecule has 0 amide bonds. The molecule has 1 aromatic heterocycles. The van der Waals surface area contributed by atoms with Crippen molar-refractivity contribution >= 4 is 11.5 Å². The average Bonchev–Trinajstić information content (AvgIpc) is 2.06. The Kier molecular flexibility index (Phi) is 2.06. The third kappa shape index (κ3) is 1.45. The van der Waals surface area contributed by atoms with Crippen molar-refractivity contribution in [3.63, 3.8) is 0 Å². The number of pyridine rings is 1. The number of rotatable bonds is 2. The van der Waals surface area contributed by atoms with E-state index in [4.69, 9.17) is 10.8 Å². The fourth-order valence-corrected chi connectivity index (χ4v) is 1.53. The molecule has 1 fully saturated rings. The van der Waals surface area contributed by atoms with E-state index in [0.29, 0.717) is 11.6 Å². The molecule has 1 aliphatic rings. The Morgan fingerprint density at radius 2 is 2.38 bits per heavy atom. The van der Waals surface area contributed by atoms with Gasteiger partial charge in [-0.25, -0.2) is 4.98 Å². The summed E-state index contributed by atoms with van der Waals surface area (Å²) in [7, 11) is 0. The van der Waals surface area contributed by atoms with Gasteiger partial charge in [-0.15, -0.1) is 0 Å². The van der Waals surface area contributed by atoms with E-state index in [1.54, 1.807) is 6.20 Å². The van der Waals surface area contributed by atoms with Gasteiger partial charge in [-0.2, -0.15) is 0 Å². The molecule has 3 N–H and O–H groups in total. The number of aliphatic hydroxyl groups excluding tert-OH is 1. The van der Waals surface area contributed by atoms with Crippen molar-refractivity contribution in [2.75, 3.05) is 30.3 Å². The van der Waals surface area contributed by atoms with Gasteiger partial charge in [-0.1, -0.05) is 0 Å². The lowest BCUT2D eigenvalue weighted by Crippen LogP contribution is -2.49. The number of nitrogen functional groups attached to an aromatic ring is 1. The Bertz CT molecular complexity index is 297. The minimum atomic E-state index is 0.253. The lowest BCUT2D eigenvalue weighted by Gasteiger charge is -2.39. The summed E-state index contributed by atoms with van der Waals surface area (Å²) in [6, 6.07) is 3.66. The smallest absolute Gasteiger partial charge is 0.151 e. The van der Waals surface area contributed by atoms with Crippen LogP contribution in [0.3, 0.4) is 0 Å². The summed E-state index contributed by atoms with van der Waals surface area (Å²) in [4.78, 5) is 6.27. The number of hydrogen-bond donors (Lipinski definition) is 2. The molecule has 0 saturated carbocycles. The Morgan fingerprint density at radius 1 is 1.62 bits per heavy atom. The van der Waals surface area contributed by atoms with Gasteiger partial charge >= 0.3 is 0 Å². The van der Waals surface area contributed by atoms with Crippen LogP contribution in [0.5, 0.6) is 0 Å². The van der Waals surface area contributed by atoms with Crippen molar-refractivity contribution in [1.29, 1.82) is 0 Å². The first-order valence-corrected chi connectivity index (χ1v) is 4.37. The molecule has 0 aliphatic carbocycles. The van der Waals surface area contributed by atoms with Crippen LogP contribution < -0.4 is 10.6 Å². The number of hydrogen-bond acceptors (Lipinski definition) is 4. The predicted octanol–water partition coefficient (Wildman–Crippen LogP) is 0.0923. The lowest BCUT2D eigenvalue weighted by atomic mass is 10.0. The van der Waals surface area contributed by atoms with Gasteiger partial charge in [-0.05, 0) is 12.1 Å². The van der Waals surface area contributed by atoms with Gasteiger partial charge in [0, 0.05) is 31.8 Å². The first kappa shape index (κ1) is 8.31. The molecule has 1 aliphatic heterocycles. The molecule has 1 aromatic rings. The summed E-state index contributed by atoms with van der Waals surface area (Å²) < 4.78 is 0. The fourth-order valence-electron chi connectivity index (χ4n) is 1.53. The summed E-state index contributed by atoms with van der Waals surface area (Å²) in [6.45, 7) is 1.97. The molecule has 1 saturated heterocycles. The number of nitrogens with two attached hydrogens (primary N) is 1. The Labute approximate surface area is 77.0 Å². The van der Waals surface area contributed by atoms with Crippen molar-refractivity contribution in [2.45, 2.75) is 0 Å². The van der Waals surface area contributed by atoms with Crippen molar-refractivity contribution in [2.24, 2.45) is 5.92 Å². The van der Waals surface area contributed by atoms with Crippen LogP contribution in [-0.4, -0.2) is 29.8 Å². The van der Waals surface area contributed by atoms with Gasteiger partial charge in [-0.3, -0.25) is 0 Å². The highest BCUT2D eigenvalue weighted by atomic mass is 16.3. The molecule has 13 heavy (non-hydrogen) atoms. The van der Waals surface area contributed by atoms with E-state index in [1.807, 2.05) is 12.1 Å². The molecule has 0 spiro atoms. The predicted molar refractivity (Wildman–Crippen MR) is 51.4 cm³/mol. The number of nitrogens with zero attached hydrogens (tertiary/aromatic N) is 2. The maximum absolute atomic E-state index is 8.84. The number of aliphatic hydroxyl groups is 1. The molecule has 2 heterocycles. The molecule has 2 rings (SSSR count). The van der Waals surface area contributed by atoms with Crippen LogP contribution in [0.15, 0.2) is 18.3 Å². The van der Waals surface area contributed by atoms with Crippen molar-refractivity contribution in [3.05, 3.63) is 18.3 Å². The molecule has 0 aromatic carbocycles. The Balaban J connectivity index is 2.07. The number of anilines is 2. The van der Waals surface area contributed by atoms with Gasteiger partial charge in [0.15, 0.2) is 5.82 Å². The molecule has 4 heteroatoms. The van der Waals surface area contributed by atoms with Crippen molar-refractivity contribution in [1.82, 2.24) is 4.98 Å². The summed E-state index contributed by atoms with van der Waals surface area (Å²) >= 11 is 0.